The summed E-state index contributed by atoms with van der Waals surface area (Å²) in [5.41, 5.74) is 3.63. The maximum absolute atomic E-state index is 12.2. The molecule has 1 atom stereocenters. The van der Waals surface area contributed by atoms with E-state index < -0.39 is 18.8 Å². The van der Waals surface area contributed by atoms with E-state index in [0.29, 0.717) is 28.9 Å². The lowest BCUT2D eigenvalue weighted by atomic mass is 9.83. The Bertz CT molecular complexity index is 1520. The largest absolute Gasteiger partial charge is 0.573 e. The molecule has 1 N–H and O–H groups in total. The van der Waals surface area contributed by atoms with Gasteiger partial charge in [0.2, 0.25) is 0 Å². The highest BCUT2D eigenvalue weighted by atomic mass is 19.4. The second-order valence-corrected chi connectivity index (χ2v) is 10.3. The number of halogens is 6. The molecule has 2 aromatic heterocycles. The lowest BCUT2D eigenvalue weighted by Gasteiger charge is -2.26. The highest BCUT2D eigenvalue weighted by Crippen LogP contribution is 2.35. The summed E-state index contributed by atoms with van der Waals surface area (Å²) in [6.45, 7) is 3.50. The molecular weight excluding hydrogens is 594 g/mol. The van der Waals surface area contributed by atoms with Gasteiger partial charge in [-0.15, -0.1) is 26.3 Å². The fourth-order valence-corrected chi connectivity index (χ4v) is 4.92. The Balaban J connectivity index is 0.000000209. The van der Waals surface area contributed by atoms with Gasteiger partial charge in [0.1, 0.15) is 11.5 Å². The molecular formula is C30H30F6N4O4. The molecule has 1 unspecified atom stereocenters. The van der Waals surface area contributed by atoms with E-state index >= 15 is 0 Å². The number of aliphatic hydroxyl groups is 1. The molecule has 0 radical (unpaired) electrons. The number of nitrogens with zero attached hydrogens (tertiary/aromatic N) is 4. The van der Waals surface area contributed by atoms with Gasteiger partial charge in [-0.2, -0.15) is 10.2 Å². The maximum atomic E-state index is 12.2. The van der Waals surface area contributed by atoms with Crippen molar-refractivity contribution in [1.82, 2.24) is 19.6 Å². The van der Waals surface area contributed by atoms with Gasteiger partial charge in [0.05, 0.1) is 34.4 Å². The molecule has 1 fully saturated rings. The standard InChI is InChI=1S/C18H21F3N2O2.C12H9F3N2O2/c1-12-16(17(24)13-5-3-2-4-6-13)11-23(22-12)14-7-9-15(10-8-14)25-18(19,20)21;1-8-9(7-18)6-17(16-8)10-2-4-11(5-3-10)19-12(13,14)15/h7-11,13,17,24H,2-6H2,1H3;2-7H,1H3. The molecule has 14 heteroatoms. The summed E-state index contributed by atoms with van der Waals surface area (Å²) in [7, 11) is 0. The summed E-state index contributed by atoms with van der Waals surface area (Å²) in [5, 5.41) is 19.1. The lowest BCUT2D eigenvalue weighted by molar-refractivity contribution is -0.275. The Labute approximate surface area is 248 Å². The van der Waals surface area contributed by atoms with Crippen molar-refractivity contribution >= 4 is 6.29 Å². The van der Waals surface area contributed by atoms with Crippen LogP contribution in [0.15, 0.2) is 60.9 Å². The molecule has 236 valence electrons. The summed E-state index contributed by atoms with van der Waals surface area (Å²) in [6, 6.07) is 10.7. The van der Waals surface area contributed by atoms with Crippen LogP contribution in [0.5, 0.6) is 11.5 Å². The van der Waals surface area contributed by atoms with Crippen LogP contribution in [0, 0.1) is 19.8 Å². The molecule has 1 aliphatic rings. The number of alkyl halides is 6. The second kappa shape index (κ2) is 13.5. The highest BCUT2D eigenvalue weighted by Gasteiger charge is 2.32. The summed E-state index contributed by atoms with van der Waals surface area (Å²) < 4.78 is 83.2. The fourth-order valence-electron chi connectivity index (χ4n) is 4.92. The van der Waals surface area contributed by atoms with Gasteiger partial charge >= 0.3 is 12.7 Å². The molecule has 2 aromatic carbocycles. The second-order valence-electron chi connectivity index (χ2n) is 10.3. The number of rotatable bonds is 7. The van der Waals surface area contributed by atoms with Gasteiger partial charge in [0, 0.05) is 18.0 Å². The monoisotopic (exact) mass is 624 g/mol. The number of ether oxygens (including phenoxy) is 2. The average Bonchev–Trinajstić information content (AvgIpc) is 3.54. The van der Waals surface area contributed by atoms with Gasteiger partial charge in [-0.3, -0.25) is 4.79 Å². The van der Waals surface area contributed by atoms with E-state index in [-0.39, 0.29) is 17.4 Å². The van der Waals surface area contributed by atoms with Crippen LogP contribution in [-0.2, 0) is 0 Å². The molecule has 2 heterocycles. The minimum Gasteiger partial charge on any atom is -0.406 e. The Hall–Kier alpha value is -4.33. The smallest absolute Gasteiger partial charge is 0.406 e. The number of aldehydes is 1. The van der Waals surface area contributed by atoms with Gasteiger partial charge in [-0.05, 0) is 81.1 Å². The van der Waals surface area contributed by atoms with E-state index in [1.54, 1.807) is 17.8 Å². The Morgan fingerprint density at radius 1 is 0.773 bits per heavy atom. The van der Waals surface area contributed by atoms with Gasteiger partial charge < -0.3 is 14.6 Å². The van der Waals surface area contributed by atoms with Crippen LogP contribution in [0.25, 0.3) is 11.4 Å². The van der Waals surface area contributed by atoms with Gasteiger partial charge in [0.25, 0.3) is 0 Å². The van der Waals surface area contributed by atoms with Crippen LogP contribution in [0.1, 0.15) is 65.5 Å². The van der Waals surface area contributed by atoms with Crippen molar-refractivity contribution in [2.24, 2.45) is 5.92 Å². The van der Waals surface area contributed by atoms with E-state index in [0.717, 1.165) is 36.9 Å². The van der Waals surface area contributed by atoms with Crippen LogP contribution in [0.3, 0.4) is 0 Å². The molecule has 0 bridgehead atoms. The van der Waals surface area contributed by atoms with E-state index in [1.807, 2.05) is 6.92 Å². The molecule has 5 rings (SSSR count). The number of carbonyl (C=O) groups excluding carboxylic acids is 1. The van der Waals surface area contributed by atoms with Crippen molar-refractivity contribution in [2.75, 3.05) is 0 Å². The van der Waals surface area contributed by atoms with Crippen molar-refractivity contribution < 1.29 is 45.7 Å². The average molecular weight is 625 g/mol. The third-order valence-corrected chi connectivity index (χ3v) is 7.09. The van der Waals surface area contributed by atoms with Crippen molar-refractivity contribution in [3.05, 3.63) is 83.4 Å². The van der Waals surface area contributed by atoms with E-state index in [1.165, 1.54) is 65.8 Å². The number of aliphatic hydroxyl groups excluding tert-OH is 1. The molecule has 1 aliphatic carbocycles. The SMILES string of the molecule is Cc1nn(-c2ccc(OC(F)(F)F)cc2)cc1C(O)C1CCCCC1.Cc1nn(-c2ccc(OC(F)(F)F)cc2)cc1C=O. The minimum atomic E-state index is -4.71. The number of aromatic nitrogens is 4. The highest BCUT2D eigenvalue weighted by molar-refractivity contribution is 5.76. The number of aryl methyl sites for hydroxylation is 2. The topological polar surface area (TPSA) is 91.4 Å². The molecule has 0 amide bonds. The first kappa shape index (κ1) is 32.6. The summed E-state index contributed by atoms with van der Waals surface area (Å²) in [4.78, 5) is 10.7. The fraction of sp³-hybridized carbons (Fsp3) is 0.367. The zero-order valence-corrected chi connectivity index (χ0v) is 23.8. The van der Waals surface area contributed by atoms with Crippen LogP contribution in [0.4, 0.5) is 26.3 Å². The van der Waals surface area contributed by atoms with Crippen LogP contribution in [-0.4, -0.2) is 43.7 Å². The molecule has 44 heavy (non-hydrogen) atoms. The molecule has 1 saturated carbocycles. The van der Waals surface area contributed by atoms with Gasteiger partial charge in [-0.25, -0.2) is 9.36 Å². The van der Waals surface area contributed by atoms with E-state index in [9.17, 15) is 36.2 Å². The first-order valence-corrected chi connectivity index (χ1v) is 13.7. The normalized spacial score (nSPS) is 14.8. The number of benzene rings is 2. The van der Waals surface area contributed by atoms with Crippen molar-refractivity contribution in [3.63, 3.8) is 0 Å². The molecule has 8 nitrogen and oxygen atoms in total. The summed E-state index contributed by atoms with van der Waals surface area (Å²) in [5.74, 6) is -0.342. The van der Waals surface area contributed by atoms with Crippen LogP contribution in [0.2, 0.25) is 0 Å². The molecule has 0 spiro atoms. The number of hydrogen-bond donors (Lipinski definition) is 1. The van der Waals surface area contributed by atoms with E-state index in [4.69, 9.17) is 0 Å². The molecule has 0 saturated heterocycles. The predicted molar refractivity (Wildman–Crippen MR) is 147 cm³/mol. The lowest BCUT2D eigenvalue weighted by Crippen LogP contribution is -2.17. The van der Waals surface area contributed by atoms with Gasteiger partial charge in [0.15, 0.2) is 6.29 Å². The predicted octanol–water partition coefficient (Wildman–Crippen LogP) is 7.58. The first-order chi connectivity index (χ1) is 20.7. The Kier molecular flexibility index (Phi) is 10.0. The third kappa shape index (κ3) is 8.85. The van der Waals surface area contributed by atoms with E-state index in [2.05, 4.69) is 19.7 Å². The molecule has 0 aliphatic heterocycles. The van der Waals surface area contributed by atoms with Crippen LogP contribution < -0.4 is 9.47 Å². The van der Waals surface area contributed by atoms with Gasteiger partial charge in [-0.1, -0.05) is 19.3 Å². The summed E-state index contributed by atoms with van der Waals surface area (Å²) >= 11 is 0. The van der Waals surface area contributed by atoms with Crippen molar-refractivity contribution in [1.29, 1.82) is 0 Å². The quantitative estimate of drug-likeness (QED) is 0.168. The zero-order valence-electron chi connectivity index (χ0n) is 23.8. The molecule has 4 aromatic rings. The Morgan fingerprint density at radius 3 is 1.66 bits per heavy atom. The van der Waals surface area contributed by atoms with Crippen LogP contribution >= 0.6 is 0 Å². The number of hydrogen-bond acceptors (Lipinski definition) is 6. The minimum absolute atomic E-state index is 0.243. The number of carbonyl (C=O) groups is 1. The summed E-state index contributed by atoms with van der Waals surface area (Å²) in [6.07, 6.45) is -0.545. The first-order valence-electron chi connectivity index (χ1n) is 13.7. The Morgan fingerprint density at radius 2 is 1.23 bits per heavy atom. The van der Waals surface area contributed by atoms with Crippen molar-refractivity contribution in [3.8, 4) is 22.9 Å². The third-order valence-electron chi connectivity index (χ3n) is 7.09. The van der Waals surface area contributed by atoms with Crippen molar-refractivity contribution in [2.45, 2.75) is 64.8 Å². The zero-order chi connectivity index (χ0) is 32.1. The maximum Gasteiger partial charge on any atom is 0.573 e.